The Morgan fingerprint density at radius 3 is 2.00 bits per heavy atom. The van der Waals surface area contributed by atoms with Gasteiger partial charge in [0.25, 0.3) is 0 Å². The molecule has 0 heteroatoms. The lowest BCUT2D eigenvalue weighted by atomic mass is 10.1. The van der Waals surface area contributed by atoms with E-state index in [1.54, 1.807) is 6.08 Å². The van der Waals surface area contributed by atoms with Gasteiger partial charge in [-0.25, -0.2) is 0 Å². The van der Waals surface area contributed by atoms with Gasteiger partial charge in [-0.05, 0) is 40.7 Å². The molecule has 0 saturated carbocycles. The highest BCUT2D eigenvalue weighted by molar-refractivity contribution is 5.55. The molecule has 1 aromatic carbocycles. The highest BCUT2D eigenvalue weighted by Gasteiger charge is 1.87. The van der Waals surface area contributed by atoms with Crippen LogP contribution in [0, 0.1) is 0 Å². The van der Waals surface area contributed by atoms with E-state index in [1.807, 2.05) is 37.3 Å². The summed E-state index contributed by atoms with van der Waals surface area (Å²) in [6, 6.07) is 8.15. The van der Waals surface area contributed by atoms with E-state index in [9.17, 15) is 0 Å². The Morgan fingerprint density at radius 1 is 1.00 bits per heavy atom. The Labute approximate surface area is 103 Å². The van der Waals surface area contributed by atoms with Crippen LogP contribution in [0.3, 0.4) is 0 Å². The number of allylic oxidation sites excluding steroid dienone is 5. The van der Waals surface area contributed by atoms with Gasteiger partial charge in [0, 0.05) is 0 Å². The molecule has 0 aliphatic rings. The Kier molecular flexibility index (Phi) is 4.96. The van der Waals surface area contributed by atoms with E-state index < -0.39 is 0 Å². The monoisotopic (exact) mass is 222 g/mol. The smallest absolute Gasteiger partial charge is 0.0178 e. The molecule has 0 bridgehead atoms. The molecule has 0 nitrogen and oxygen atoms in total. The van der Waals surface area contributed by atoms with Gasteiger partial charge in [-0.3, -0.25) is 0 Å². The molecule has 0 spiro atoms. The van der Waals surface area contributed by atoms with Crippen molar-refractivity contribution < 1.29 is 0 Å². The third kappa shape index (κ3) is 4.12. The number of rotatable bonds is 4. The van der Waals surface area contributed by atoms with Crippen molar-refractivity contribution in [2.24, 2.45) is 0 Å². The van der Waals surface area contributed by atoms with Crippen LogP contribution < -0.4 is 10.4 Å². The zero-order valence-corrected chi connectivity index (χ0v) is 10.3. The minimum Gasteiger partial charge on any atom is -0.0985 e. The summed E-state index contributed by atoms with van der Waals surface area (Å²) in [7, 11) is 0. The lowest BCUT2D eigenvalue weighted by Gasteiger charge is -1.94. The van der Waals surface area contributed by atoms with Gasteiger partial charge in [0.2, 0.25) is 0 Å². The second kappa shape index (κ2) is 6.49. The molecule has 0 aliphatic heterocycles. The Hall–Kier alpha value is -2.08. The van der Waals surface area contributed by atoms with Crippen LogP contribution in [0.4, 0.5) is 0 Å². The fraction of sp³-hybridized carbons (Fsp3) is 0.0588. The molecule has 0 atom stereocenters. The van der Waals surface area contributed by atoms with Crippen molar-refractivity contribution in [2.45, 2.75) is 6.92 Å². The van der Waals surface area contributed by atoms with Gasteiger partial charge >= 0.3 is 0 Å². The van der Waals surface area contributed by atoms with E-state index >= 15 is 0 Å². The molecule has 1 aromatic rings. The number of hydrogen-bond donors (Lipinski definition) is 0. The van der Waals surface area contributed by atoms with Crippen molar-refractivity contribution in [1.82, 2.24) is 0 Å². The van der Waals surface area contributed by atoms with Crippen LogP contribution in [0.15, 0.2) is 73.4 Å². The lowest BCUT2D eigenvalue weighted by Crippen LogP contribution is -2.23. The van der Waals surface area contributed by atoms with Gasteiger partial charge in [-0.2, -0.15) is 0 Å². The van der Waals surface area contributed by atoms with Gasteiger partial charge in [-0.1, -0.05) is 62.2 Å². The van der Waals surface area contributed by atoms with E-state index in [2.05, 4.69) is 37.9 Å². The van der Waals surface area contributed by atoms with Crippen molar-refractivity contribution in [3.05, 3.63) is 83.8 Å². The highest BCUT2D eigenvalue weighted by Crippen LogP contribution is 1.94. The summed E-state index contributed by atoms with van der Waals surface area (Å²) in [5.41, 5.74) is 1.89. The maximum absolute atomic E-state index is 3.98. The summed E-state index contributed by atoms with van der Waals surface area (Å²) in [6.07, 6.45) is 9.79. The summed E-state index contributed by atoms with van der Waals surface area (Å²) < 4.78 is 0. The summed E-state index contributed by atoms with van der Waals surface area (Å²) >= 11 is 0. The molecule has 17 heavy (non-hydrogen) atoms. The van der Waals surface area contributed by atoms with E-state index in [-0.39, 0.29) is 0 Å². The van der Waals surface area contributed by atoms with Crippen molar-refractivity contribution in [2.75, 3.05) is 0 Å². The van der Waals surface area contributed by atoms with Crippen LogP contribution in [-0.2, 0) is 0 Å². The van der Waals surface area contributed by atoms with E-state index in [0.29, 0.717) is 0 Å². The first kappa shape index (κ1) is 13.0. The Morgan fingerprint density at radius 2 is 1.53 bits per heavy atom. The van der Waals surface area contributed by atoms with Gasteiger partial charge < -0.3 is 0 Å². The fourth-order valence-corrected chi connectivity index (χ4v) is 1.49. The predicted octanol–water partition coefficient (Wildman–Crippen LogP) is 3.12. The van der Waals surface area contributed by atoms with Crippen molar-refractivity contribution in [1.29, 1.82) is 0 Å². The first-order valence-electron chi connectivity index (χ1n) is 5.59. The Balaban J connectivity index is 3.35. The van der Waals surface area contributed by atoms with E-state index in [0.717, 1.165) is 21.6 Å². The number of benzene rings is 1. The van der Waals surface area contributed by atoms with Crippen LogP contribution >= 0.6 is 0 Å². The van der Waals surface area contributed by atoms with Gasteiger partial charge in [0.15, 0.2) is 0 Å². The number of hydrogen-bond acceptors (Lipinski definition) is 0. The predicted molar refractivity (Wildman–Crippen MR) is 77.9 cm³/mol. The van der Waals surface area contributed by atoms with E-state index in [4.69, 9.17) is 0 Å². The third-order valence-corrected chi connectivity index (χ3v) is 2.32. The minimum absolute atomic E-state index is 0.905. The third-order valence-electron chi connectivity index (χ3n) is 2.32. The van der Waals surface area contributed by atoms with E-state index in [1.165, 1.54) is 0 Å². The summed E-state index contributed by atoms with van der Waals surface area (Å²) in [5, 5.41) is 2.27. The average molecular weight is 222 g/mol. The highest BCUT2D eigenvalue weighted by atomic mass is 13.9. The Bertz CT molecular complexity index is 568. The molecule has 0 saturated heterocycles. The topological polar surface area (TPSA) is 0 Å². The normalized spacial score (nSPS) is 13.0. The zero-order chi connectivity index (χ0) is 12.7. The maximum Gasteiger partial charge on any atom is -0.0178 e. The zero-order valence-electron chi connectivity index (χ0n) is 10.3. The first-order valence-corrected chi connectivity index (χ1v) is 5.59. The molecule has 0 radical (unpaired) electrons. The van der Waals surface area contributed by atoms with Crippen LogP contribution in [0.1, 0.15) is 6.92 Å². The average Bonchev–Trinajstić information content (AvgIpc) is 2.31. The molecule has 0 N–H and O–H groups in total. The van der Waals surface area contributed by atoms with Crippen molar-refractivity contribution in [3.8, 4) is 0 Å². The maximum atomic E-state index is 3.98. The molecule has 86 valence electrons. The largest absolute Gasteiger partial charge is 0.0985 e. The minimum atomic E-state index is 0.905. The molecular formula is C17H18. The molecule has 0 aliphatic carbocycles. The fourth-order valence-electron chi connectivity index (χ4n) is 1.49. The summed E-state index contributed by atoms with van der Waals surface area (Å²) in [6.45, 7) is 13.6. The molecular weight excluding hydrogens is 204 g/mol. The van der Waals surface area contributed by atoms with Gasteiger partial charge in [-0.15, -0.1) is 0 Å². The first-order chi connectivity index (χ1) is 8.17. The van der Waals surface area contributed by atoms with Crippen LogP contribution in [-0.4, -0.2) is 0 Å². The standard InChI is InChI=1S/C17H18/c1-5-9-15(4)13-17-11-8-7-10-16(17)12-14(3)6-2/h5-13H,2-4H2,1H3/b9-5-,16-12-,17-13-. The molecule has 0 amide bonds. The second-order valence-corrected chi connectivity index (χ2v) is 3.77. The van der Waals surface area contributed by atoms with Crippen LogP contribution in [0.25, 0.3) is 12.2 Å². The van der Waals surface area contributed by atoms with Crippen molar-refractivity contribution in [3.63, 3.8) is 0 Å². The second-order valence-electron chi connectivity index (χ2n) is 3.77. The summed E-state index contributed by atoms with van der Waals surface area (Å²) in [4.78, 5) is 0. The SMILES string of the molecule is C=CC(=C)/C=c1/cccc/c1=C/C(=C)/C=C\C. The quantitative estimate of drug-likeness (QED) is 0.687. The molecule has 0 fully saturated rings. The molecule has 0 heterocycles. The molecule has 0 aromatic heterocycles. The van der Waals surface area contributed by atoms with Crippen LogP contribution in [0.2, 0.25) is 0 Å². The summed E-state index contributed by atoms with van der Waals surface area (Å²) in [5.74, 6) is 0. The van der Waals surface area contributed by atoms with Crippen LogP contribution in [0.5, 0.6) is 0 Å². The van der Waals surface area contributed by atoms with Gasteiger partial charge in [0.05, 0.1) is 0 Å². The lowest BCUT2D eigenvalue weighted by molar-refractivity contribution is 1.50. The molecule has 0 unspecified atom stereocenters. The molecule has 1 rings (SSSR count). The van der Waals surface area contributed by atoms with Gasteiger partial charge in [0.1, 0.15) is 0 Å². The van der Waals surface area contributed by atoms with Crippen molar-refractivity contribution >= 4 is 12.2 Å².